The van der Waals surface area contributed by atoms with Gasteiger partial charge in [0.1, 0.15) is 5.82 Å². The Morgan fingerprint density at radius 2 is 1.94 bits per heavy atom. The first-order valence-electron chi connectivity index (χ1n) is 5.69. The molecule has 0 spiro atoms. The molecule has 0 N–H and O–H groups in total. The Bertz CT molecular complexity index is 519. The predicted molar refractivity (Wildman–Crippen MR) is 59.6 cm³/mol. The third-order valence-corrected chi connectivity index (χ3v) is 4.89. The van der Waals surface area contributed by atoms with Gasteiger partial charge in [-0.3, -0.25) is 0 Å². The van der Waals surface area contributed by atoms with E-state index >= 15 is 0 Å². The van der Waals surface area contributed by atoms with Crippen molar-refractivity contribution in [2.24, 2.45) is 0 Å². The first-order valence-corrected chi connectivity index (χ1v) is 7.51. The van der Waals surface area contributed by atoms with E-state index in [0.29, 0.717) is 5.92 Å². The lowest BCUT2D eigenvalue weighted by molar-refractivity contribution is 0.597. The van der Waals surface area contributed by atoms with Gasteiger partial charge < -0.3 is 0 Å². The first kappa shape index (κ1) is 10.2. The van der Waals surface area contributed by atoms with E-state index in [4.69, 9.17) is 0 Å². The lowest BCUT2D eigenvalue weighted by Crippen LogP contribution is -2.03. The Kier molecular flexibility index (Phi) is 2.24. The van der Waals surface area contributed by atoms with Crippen LogP contribution in [0.15, 0.2) is 6.20 Å². The van der Waals surface area contributed by atoms with Gasteiger partial charge in [-0.2, -0.15) is 0 Å². The topological polar surface area (TPSA) is 59.9 Å². The maximum Gasteiger partial charge on any atom is 0.160 e. The van der Waals surface area contributed by atoms with Crippen LogP contribution in [0.3, 0.4) is 0 Å². The molecule has 0 amide bonds. The summed E-state index contributed by atoms with van der Waals surface area (Å²) < 4.78 is 22.9. The van der Waals surface area contributed by atoms with E-state index in [1.54, 1.807) is 6.20 Å². The minimum absolute atomic E-state index is 0.102. The van der Waals surface area contributed by atoms with Crippen LogP contribution in [-0.4, -0.2) is 18.4 Å². The van der Waals surface area contributed by atoms with Gasteiger partial charge in [-0.25, -0.2) is 18.4 Å². The highest BCUT2D eigenvalue weighted by Gasteiger charge is 2.28. The summed E-state index contributed by atoms with van der Waals surface area (Å²) >= 11 is 0. The molecule has 1 aliphatic heterocycles. The largest absolute Gasteiger partial charge is 0.241 e. The second-order valence-corrected chi connectivity index (χ2v) is 6.78. The van der Waals surface area contributed by atoms with Gasteiger partial charge in [0, 0.05) is 17.7 Å². The van der Waals surface area contributed by atoms with Crippen LogP contribution in [0.2, 0.25) is 0 Å². The molecule has 2 heterocycles. The number of nitrogens with zero attached hydrogens (tertiary/aromatic N) is 2. The highest BCUT2D eigenvalue weighted by Crippen LogP contribution is 2.33. The summed E-state index contributed by atoms with van der Waals surface area (Å²) in [5.74, 6) is 1.53. The maximum absolute atomic E-state index is 11.5. The van der Waals surface area contributed by atoms with E-state index in [1.165, 1.54) is 12.8 Å². The molecule has 0 bridgehead atoms. The van der Waals surface area contributed by atoms with E-state index in [0.717, 1.165) is 29.9 Å². The van der Waals surface area contributed by atoms with Crippen LogP contribution in [0.5, 0.6) is 0 Å². The summed E-state index contributed by atoms with van der Waals surface area (Å²) in [6.45, 7) is 0. The molecule has 0 aromatic carbocycles. The third kappa shape index (κ3) is 1.73. The molecule has 86 valence electrons. The van der Waals surface area contributed by atoms with Crippen molar-refractivity contribution in [2.75, 3.05) is 0 Å². The van der Waals surface area contributed by atoms with Crippen molar-refractivity contribution in [1.82, 2.24) is 9.97 Å². The smallest absolute Gasteiger partial charge is 0.160 e. The maximum atomic E-state index is 11.5. The molecule has 1 fully saturated rings. The number of aromatic nitrogens is 2. The fourth-order valence-electron chi connectivity index (χ4n) is 2.58. The average Bonchev–Trinajstić information content (AvgIpc) is 2.80. The van der Waals surface area contributed by atoms with Crippen molar-refractivity contribution in [3.63, 3.8) is 0 Å². The number of hydrogen-bond donors (Lipinski definition) is 0. The molecular formula is C11H14N2O2S. The Balaban J connectivity index is 1.95. The molecule has 16 heavy (non-hydrogen) atoms. The molecule has 1 saturated carbocycles. The van der Waals surface area contributed by atoms with Crippen LogP contribution in [0, 0.1) is 0 Å². The number of hydrogen-bond acceptors (Lipinski definition) is 4. The van der Waals surface area contributed by atoms with Gasteiger partial charge in [0.25, 0.3) is 0 Å². The van der Waals surface area contributed by atoms with Crippen molar-refractivity contribution in [3.8, 4) is 0 Å². The van der Waals surface area contributed by atoms with Gasteiger partial charge in [0.2, 0.25) is 0 Å². The van der Waals surface area contributed by atoms with Crippen molar-refractivity contribution in [3.05, 3.63) is 23.3 Å². The van der Waals surface area contributed by atoms with E-state index in [1.807, 2.05) is 0 Å². The summed E-state index contributed by atoms with van der Waals surface area (Å²) in [4.78, 5) is 8.76. The van der Waals surface area contributed by atoms with Crippen LogP contribution in [0.25, 0.3) is 0 Å². The van der Waals surface area contributed by atoms with Crippen LogP contribution in [0.1, 0.15) is 48.7 Å². The Morgan fingerprint density at radius 1 is 1.19 bits per heavy atom. The zero-order valence-electron chi connectivity index (χ0n) is 9.02. The predicted octanol–water partition coefficient (Wildman–Crippen LogP) is 1.56. The standard InChI is InChI=1S/C11H14N2O2S/c14-16(15)6-9-5-12-11(13-10(9)7-16)8-3-1-2-4-8/h5,8H,1-4,6-7H2. The molecule has 1 aromatic heterocycles. The molecule has 0 unspecified atom stereocenters. The molecule has 0 saturated heterocycles. The Morgan fingerprint density at radius 3 is 2.69 bits per heavy atom. The summed E-state index contributed by atoms with van der Waals surface area (Å²) in [6.07, 6.45) is 6.48. The average molecular weight is 238 g/mol. The van der Waals surface area contributed by atoms with Gasteiger partial charge >= 0.3 is 0 Å². The van der Waals surface area contributed by atoms with Gasteiger partial charge in [-0.05, 0) is 12.8 Å². The highest BCUT2D eigenvalue weighted by atomic mass is 32.2. The molecular weight excluding hydrogens is 224 g/mol. The van der Waals surface area contributed by atoms with Gasteiger partial charge in [-0.1, -0.05) is 12.8 Å². The normalized spacial score (nSPS) is 23.5. The molecule has 1 aliphatic carbocycles. The molecule has 4 nitrogen and oxygen atoms in total. The van der Waals surface area contributed by atoms with Crippen LogP contribution < -0.4 is 0 Å². The second kappa shape index (κ2) is 3.52. The van der Waals surface area contributed by atoms with Gasteiger partial charge in [0.05, 0.1) is 17.2 Å². The van der Waals surface area contributed by atoms with Crippen LogP contribution in [0.4, 0.5) is 0 Å². The molecule has 2 aliphatic rings. The van der Waals surface area contributed by atoms with E-state index in [-0.39, 0.29) is 11.5 Å². The van der Waals surface area contributed by atoms with Crippen molar-refractivity contribution in [2.45, 2.75) is 43.1 Å². The van der Waals surface area contributed by atoms with Crippen LogP contribution in [-0.2, 0) is 21.3 Å². The minimum atomic E-state index is -2.95. The fraction of sp³-hybridized carbons (Fsp3) is 0.636. The fourth-order valence-corrected chi connectivity index (χ4v) is 4.06. The summed E-state index contributed by atoms with van der Waals surface area (Å²) in [7, 11) is -2.95. The van der Waals surface area contributed by atoms with Crippen LogP contribution >= 0.6 is 0 Å². The number of fused-ring (bicyclic) bond motifs is 1. The Hall–Kier alpha value is -0.970. The molecule has 5 heteroatoms. The molecule has 3 rings (SSSR count). The van der Waals surface area contributed by atoms with E-state index in [9.17, 15) is 8.42 Å². The zero-order valence-corrected chi connectivity index (χ0v) is 9.83. The second-order valence-electron chi connectivity index (χ2n) is 4.71. The lowest BCUT2D eigenvalue weighted by Gasteiger charge is -2.07. The SMILES string of the molecule is O=S1(=O)Cc2cnc(C3CCCC3)nc2C1. The van der Waals surface area contributed by atoms with Crippen molar-refractivity contribution >= 4 is 9.84 Å². The van der Waals surface area contributed by atoms with Gasteiger partial charge in [0.15, 0.2) is 9.84 Å². The van der Waals surface area contributed by atoms with E-state index < -0.39 is 9.84 Å². The summed E-state index contributed by atoms with van der Waals surface area (Å²) in [6, 6.07) is 0. The highest BCUT2D eigenvalue weighted by molar-refractivity contribution is 7.90. The number of rotatable bonds is 1. The van der Waals surface area contributed by atoms with Crippen molar-refractivity contribution < 1.29 is 8.42 Å². The molecule has 0 radical (unpaired) electrons. The Labute approximate surface area is 95.0 Å². The molecule has 1 aromatic rings. The first-order chi connectivity index (χ1) is 7.64. The van der Waals surface area contributed by atoms with Crippen molar-refractivity contribution in [1.29, 1.82) is 0 Å². The quantitative estimate of drug-likeness (QED) is 0.745. The monoisotopic (exact) mass is 238 g/mol. The summed E-state index contributed by atoms with van der Waals surface area (Å²) in [5, 5.41) is 0. The molecule has 0 atom stereocenters. The zero-order chi connectivity index (χ0) is 11.2. The van der Waals surface area contributed by atoms with Gasteiger partial charge in [-0.15, -0.1) is 0 Å². The third-order valence-electron chi connectivity index (χ3n) is 3.43. The minimum Gasteiger partial charge on any atom is -0.241 e. The summed E-state index contributed by atoms with van der Waals surface area (Å²) in [5.41, 5.74) is 1.53. The van der Waals surface area contributed by atoms with E-state index in [2.05, 4.69) is 9.97 Å². The lowest BCUT2D eigenvalue weighted by atomic mass is 10.1. The number of sulfone groups is 1.